The van der Waals surface area contributed by atoms with Crippen molar-refractivity contribution < 1.29 is 0 Å². The van der Waals surface area contributed by atoms with Gasteiger partial charge >= 0.3 is 0 Å². The van der Waals surface area contributed by atoms with Crippen molar-refractivity contribution >= 4 is 0 Å². The summed E-state index contributed by atoms with van der Waals surface area (Å²) in [6, 6.07) is 9.60. The van der Waals surface area contributed by atoms with E-state index in [0.29, 0.717) is 6.04 Å². The summed E-state index contributed by atoms with van der Waals surface area (Å²) in [6.07, 6.45) is 5.36. The molecule has 2 heteroatoms. The molecule has 1 fully saturated rings. The van der Waals surface area contributed by atoms with Crippen LogP contribution in [0.1, 0.15) is 57.2 Å². The predicted molar refractivity (Wildman–Crippen MR) is 91.7 cm³/mol. The maximum atomic E-state index is 3.66. The van der Waals surface area contributed by atoms with Gasteiger partial charge in [0.05, 0.1) is 0 Å². The molecule has 1 unspecified atom stereocenters. The largest absolute Gasteiger partial charge is 0.309 e. The van der Waals surface area contributed by atoms with Gasteiger partial charge in [-0.15, -0.1) is 0 Å². The second-order valence-corrected chi connectivity index (χ2v) is 6.92. The van der Waals surface area contributed by atoms with Gasteiger partial charge in [0, 0.05) is 19.1 Å². The minimum atomic E-state index is 0.447. The summed E-state index contributed by atoms with van der Waals surface area (Å²) in [5, 5.41) is 3.66. The van der Waals surface area contributed by atoms with Gasteiger partial charge in [-0.3, -0.25) is 0 Å². The van der Waals surface area contributed by atoms with Crippen molar-refractivity contribution in [2.24, 2.45) is 5.92 Å². The highest BCUT2D eigenvalue weighted by Crippen LogP contribution is 2.15. The van der Waals surface area contributed by atoms with E-state index >= 15 is 0 Å². The molecule has 0 radical (unpaired) electrons. The van der Waals surface area contributed by atoms with Crippen LogP contribution in [0, 0.1) is 5.92 Å². The van der Waals surface area contributed by atoms with Gasteiger partial charge in [-0.05, 0) is 56.3 Å². The van der Waals surface area contributed by atoms with Crippen molar-refractivity contribution in [1.82, 2.24) is 10.2 Å². The lowest BCUT2D eigenvalue weighted by Crippen LogP contribution is -2.36. The van der Waals surface area contributed by atoms with Gasteiger partial charge < -0.3 is 10.2 Å². The van der Waals surface area contributed by atoms with Crippen LogP contribution in [-0.4, -0.2) is 31.1 Å². The quantitative estimate of drug-likeness (QED) is 0.815. The number of nitrogens with one attached hydrogen (secondary N) is 1. The Morgan fingerprint density at radius 1 is 1.00 bits per heavy atom. The van der Waals surface area contributed by atoms with E-state index in [1.165, 1.54) is 56.4 Å². The highest BCUT2D eigenvalue weighted by atomic mass is 15.1. The Hall–Kier alpha value is -0.860. The Kier molecular flexibility index (Phi) is 6.72. The molecule has 1 aliphatic rings. The van der Waals surface area contributed by atoms with Crippen molar-refractivity contribution in [2.75, 3.05) is 26.2 Å². The maximum Gasteiger partial charge on any atom is 0.0292 e. The fourth-order valence-electron chi connectivity index (χ4n) is 3.15. The number of benzene rings is 1. The molecule has 2 nitrogen and oxygen atoms in total. The Morgan fingerprint density at radius 2 is 1.67 bits per heavy atom. The SMILES string of the molecule is CC(C)Cc1ccc(C(C)NCCN2CCCCC2)cc1. The fraction of sp³-hybridized carbons (Fsp3) is 0.684. The van der Waals surface area contributed by atoms with Gasteiger partial charge in [0.25, 0.3) is 0 Å². The summed E-state index contributed by atoms with van der Waals surface area (Å²) in [7, 11) is 0. The average Bonchev–Trinajstić information content (AvgIpc) is 2.48. The Morgan fingerprint density at radius 3 is 2.29 bits per heavy atom. The van der Waals surface area contributed by atoms with E-state index in [-0.39, 0.29) is 0 Å². The third kappa shape index (κ3) is 5.80. The lowest BCUT2D eigenvalue weighted by atomic mass is 10.00. The minimum absolute atomic E-state index is 0.447. The second-order valence-electron chi connectivity index (χ2n) is 6.92. The summed E-state index contributed by atoms with van der Waals surface area (Å²) in [6.45, 7) is 11.7. The number of likely N-dealkylation sites (tertiary alicyclic amines) is 1. The summed E-state index contributed by atoms with van der Waals surface area (Å²) in [5.41, 5.74) is 2.86. The lowest BCUT2D eigenvalue weighted by Gasteiger charge is -2.27. The van der Waals surface area contributed by atoms with Crippen LogP contribution in [0.4, 0.5) is 0 Å². The van der Waals surface area contributed by atoms with E-state index < -0.39 is 0 Å². The molecule has 0 aliphatic carbocycles. The molecule has 1 atom stereocenters. The van der Waals surface area contributed by atoms with Crippen molar-refractivity contribution in [3.63, 3.8) is 0 Å². The monoisotopic (exact) mass is 288 g/mol. The third-order valence-corrected chi connectivity index (χ3v) is 4.45. The standard InChI is InChI=1S/C19H32N2/c1-16(2)15-18-7-9-19(10-8-18)17(3)20-11-14-21-12-5-4-6-13-21/h7-10,16-17,20H,4-6,11-15H2,1-3H3. The first-order chi connectivity index (χ1) is 10.1. The molecule has 1 aromatic rings. The molecule has 0 spiro atoms. The summed E-state index contributed by atoms with van der Waals surface area (Å²) < 4.78 is 0. The molecule has 1 heterocycles. The molecule has 1 N–H and O–H groups in total. The Labute approximate surface area is 130 Å². The Balaban J connectivity index is 1.73. The molecule has 1 saturated heterocycles. The Bertz CT molecular complexity index is 391. The first-order valence-corrected chi connectivity index (χ1v) is 8.69. The average molecular weight is 288 g/mol. The first-order valence-electron chi connectivity index (χ1n) is 8.69. The van der Waals surface area contributed by atoms with E-state index in [2.05, 4.69) is 55.3 Å². The van der Waals surface area contributed by atoms with Gasteiger partial charge in [0.1, 0.15) is 0 Å². The molecule has 2 rings (SSSR count). The molecule has 1 aromatic carbocycles. The van der Waals surface area contributed by atoms with Crippen molar-refractivity contribution in [2.45, 2.75) is 52.5 Å². The molecule has 0 saturated carbocycles. The molecule has 118 valence electrons. The van der Waals surface area contributed by atoms with Crippen molar-refractivity contribution in [3.05, 3.63) is 35.4 Å². The van der Waals surface area contributed by atoms with Gasteiger partial charge in [0.15, 0.2) is 0 Å². The summed E-state index contributed by atoms with van der Waals surface area (Å²) in [5.74, 6) is 0.732. The van der Waals surface area contributed by atoms with Crippen LogP contribution in [-0.2, 0) is 6.42 Å². The zero-order valence-corrected chi connectivity index (χ0v) is 14.1. The van der Waals surface area contributed by atoms with Crippen LogP contribution in [0.3, 0.4) is 0 Å². The van der Waals surface area contributed by atoms with E-state index in [0.717, 1.165) is 12.5 Å². The van der Waals surface area contributed by atoms with Crippen LogP contribution in [0.15, 0.2) is 24.3 Å². The number of hydrogen-bond acceptors (Lipinski definition) is 2. The molecular weight excluding hydrogens is 256 g/mol. The molecule has 1 aliphatic heterocycles. The molecular formula is C19H32N2. The highest BCUT2D eigenvalue weighted by Gasteiger charge is 2.10. The van der Waals surface area contributed by atoms with E-state index in [1.54, 1.807) is 0 Å². The van der Waals surface area contributed by atoms with Crippen LogP contribution in [0.2, 0.25) is 0 Å². The van der Waals surface area contributed by atoms with E-state index in [4.69, 9.17) is 0 Å². The zero-order chi connectivity index (χ0) is 15.1. The van der Waals surface area contributed by atoms with E-state index in [1.807, 2.05) is 0 Å². The topological polar surface area (TPSA) is 15.3 Å². The minimum Gasteiger partial charge on any atom is -0.309 e. The fourth-order valence-corrected chi connectivity index (χ4v) is 3.15. The van der Waals surface area contributed by atoms with Gasteiger partial charge in [-0.1, -0.05) is 44.5 Å². The van der Waals surface area contributed by atoms with Crippen molar-refractivity contribution in [1.29, 1.82) is 0 Å². The number of hydrogen-bond donors (Lipinski definition) is 1. The second kappa shape index (κ2) is 8.55. The predicted octanol–water partition coefficient (Wildman–Crippen LogP) is 4.02. The number of rotatable bonds is 7. The van der Waals surface area contributed by atoms with Gasteiger partial charge in [-0.2, -0.15) is 0 Å². The number of piperidine rings is 1. The summed E-state index contributed by atoms with van der Waals surface area (Å²) in [4.78, 5) is 2.59. The van der Waals surface area contributed by atoms with Crippen molar-refractivity contribution in [3.8, 4) is 0 Å². The normalized spacial score (nSPS) is 18.1. The molecule has 0 amide bonds. The van der Waals surface area contributed by atoms with Crippen LogP contribution in [0.25, 0.3) is 0 Å². The zero-order valence-electron chi connectivity index (χ0n) is 14.1. The summed E-state index contributed by atoms with van der Waals surface area (Å²) >= 11 is 0. The van der Waals surface area contributed by atoms with Crippen LogP contribution in [0.5, 0.6) is 0 Å². The smallest absolute Gasteiger partial charge is 0.0292 e. The van der Waals surface area contributed by atoms with Gasteiger partial charge in [-0.25, -0.2) is 0 Å². The lowest BCUT2D eigenvalue weighted by molar-refractivity contribution is 0.227. The number of nitrogens with zero attached hydrogens (tertiary/aromatic N) is 1. The molecule has 0 aromatic heterocycles. The maximum absolute atomic E-state index is 3.66. The van der Waals surface area contributed by atoms with Crippen LogP contribution < -0.4 is 5.32 Å². The first kappa shape index (κ1) is 16.5. The molecule has 0 bridgehead atoms. The third-order valence-electron chi connectivity index (χ3n) is 4.45. The highest BCUT2D eigenvalue weighted by molar-refractivity contribution is 5.25. The molecule has 21 heavy (non-hydrogen) atoms. The van der Waals surface area contributed by atoms with Crippen LogP contribution >= 0.6 is 0 Å². The van der Waals surface area contributed by atoms with E-state index in [9.17, 15) is 0 Å². The van der Waals surface area contributed by atoms with Gasteiger partial charge in [0.2, 0.25) is 0 Å².